The van der Waals surface area contributed by atoms with Gasteiger partial charge in [-0.3, -0.25) is 5.41 Å². The predicted molar refractivity (Wildman–Crippen MR) is 52.5 cm³/mol. The zero-order valence-corrected chi connectivity index (χ0v) is 8.43. The zero-order chi connectivity index (χ0) is 9.14. The van der Waals surface area contributed by atoms with E-state index in [1.54, 1.807) is 0 Å². The second kappa shape index (κ2) is 3.92. The van der Waals surface area contributed by atoms with Crippen molar-refractivity contribution in [2.24, 2.45) is 11.8 Å². The number of rotatable bonds is 1. The molecule has 2 heteroatoms. The fourth-order valence-corrected chi connectivity index (χ4v) is 1.80. The van der Waals surface area contributed by atoms with Crippen molar-refractivity contribution in [2.45, 2.75) is 33.1 Å². The molecule has 0 aliphatic carbocycles. The maximum atomic E-state index is 7.78. The molecule has 0 aromatic heterocycles. The largest absolute Gasteiger partial charge is 0.364 e. The summed E-state index contributed by atoms with van der Waals surface area (Å²) in [5.74, 6) is 2.30. The van der Waals surface area contributed by atoms with Crippen LogP contribution in [0.5, 0.6) is 0 Å². The summed E-state index contributed by atoms with van der Waals surface area (Å²) in [6, 6.07) is 0. The average Bonchev–Trinajstić information content (AvgIpc) is 2.15. The zero-order valence-electron chi connectivity index (χ0n) is 8.43. The van der Waals surface area contributed by atoms with Gasteiger partial charge in [0.2, 0.25) is 0 Å². The van der Waals surface area contributed by atoms with Gasteiger partial charge < -0.3 is 4.90 Å². The summed E-state index contributed by atoms with van der Waals surface area (Å²) in [6.45, 7) is 5.61. The molecule has 0 bridgehead atoms. The van der Waals surface area contributed by atoms with E-state index in [4.69, 9.17) is 5.41 Å². The number of amidine groups is 1. The molecule has 2 nitrogen and oxygen atoms in total. The smallest absolute Gasteiger partial charge is 0.0957 e. The highest BCUT2D eigenvalue weighted by atomic mass is 15.1. The van der Waals surface area contributed by atoms with Crippen LogP contribution in [0.3, 0.4) is 0 Å². The Morgan fingerprint density at radius 1 is 1.50 bits per heavy atom. The molecule has 1 saturated heterocycles. The first-order valence-electron chi connectivity index (χ1n) is 4.90. The van der Waals surface area contributed by atoms with E-state index >= 15 is 0 Å². The summed E-state index contributed by atoms with van der Waals surface area (Å²) in [5, 5.41) is 7.78. The highest BCUT2D eigenvalue weighted by Crippen LogP contribution is 2.24. The lowest BCUT2D eigenvalue weighted by molar-refractivity contribution is 0.370. The number of hydrogen-bond acceptors (Lipinski definition) is 1. The molecule has 12 heavy (non-hydrogen) atoms. The number of nitrogens with one attached hydrogen (secondary N) is 1. The third-order valence-electron chi connectivity index (χ3n) is 2.93. The van der Waals surface area contributed by atoms with Crippen molar-refractivity contribution in [3.05, 3.63) is 0 Å². The fourth-order valence-electron chi connectivity index (χ4n) is 1.80. The average molecular weight is 168 g/mol. The minimum Gasteiger partial charge on any atom is -0.364 e. The van der Waals surface area contributed by atoms with Gasteiger partial charge in [0, 0.05) is 20.0 Å². The monoisotopic (exact) mass is 168 g/mol. The van der Waals surface area contributed by atoms with Crippen LogP contribution in [-0.4, -0.2) is 24.3 Å². The highest BCUT2D eigenvalue weighted by molar-refractivity contribution is 5.79. The molecule has 70 valence electrons. The number of hydrogen-bond donors (Lipinski definition) is 1. The standard InChI is InChI=1S/C10H20N2/c1-8(2)9-5-4-6-12(3)10(11)7-9/h8-9,11H,4-7H2,1-3H3. The van der Waals surface area contributed by atoms with Gasteiger partial charge in [-0.15, -0.1) is 0 Å². The first-order valence-corrected chi connectivity index (χ1v) is 4.90. The van der Waals surface area contributed by atoms with E-state index in [0.29, 0.717) is 0 Å². The molecule has 1 rings (SSSR count). The van der Waals surface area contributed by atoms with Gasteiger partial charge >= 0.3 is 0 Å². The Bertz CT molecular complexity index is 163. The van der Waals surface area contributed by atoms with Crippen molar-refractivity contribution < 1.29 is 0 Å². The van der Waals surface area contributed by atoms with Gasteiger partial charge in [-0.25, -0.2) is 0 Å². The summed E-state index contributed by atoms with van der Waals surface area (Å²) in [5.41, 5.74) is 0. The second-order valence-electron chi connectivity index (χ2n) is 4.22. The molecule has 1 unspecified atom stereocenters. The topological polar surface area (TPSA) is 27.1 Å². The van der Waals surface area contributed by atoms with Crippen LogP contribution in [0.25, 0.3) is 0 Å². The van der Waals surface area contributed by atoms with Gasteiger partial charge in [0.05, 0.1) is 5.84 Å². The Kier molecular flexibility index (Phi) is 3.12. The van der Waals surface area contributed by atoms with Crippen LogP contribution >= 0.6 is 0 Å². The van der Waals surface area contributed by atoms with Crippen LogP contribution in [-0.2, 0) is 0 Å². The van der Waals surface area contributed by atoms with Gasteiger partial charge in [-0.1, -0.05) is 13.8 Å². The van der Waals surface area contributed by atoms with E-state index in [9.17, 15) is 0 Å². The molecule has 1 N–H and O–H groups in total. The van der Waals surface area contributed by atoms with Crippen molar-refractivity contribution in [2.75, 3.05) is 13.6 Å². The molecule has 0 aromatic rings. The Labute approximate surface area is 75.5 Å². The van der Waals surface area contributed by atoms with Crippen LogP contribution < -0.4 is 0 Å². The molecular formula is C10H20N2. The molecule has 1 fully saturated rings. The maximum Gasteiger partial charge on any atom is 0.0957 e. The van der Waals surface area contributed by atoms with Crippen molar-refractivity contribution in [3.63, 3.8) is 0 Å². The van der Waals surface area contributed by atoms with Crippen molar-refractivity contribution in [1.82, 2.24) is 4.90 Å². The van der Waals surface area contributed by atoms with E-state index in [0.717, 1.165) is 30.6 Å². The maximum absolute atomic E-state index is 7.78. The van der Waals surface area contributed by atoms with E-state index in [1.165, 1.54) is 12.8 Å². The molecule has 1 aliphatic heterocycles. The lowest BCUT2D eigenvalue weighted by Gasteiger charge is -2.19. The molecule has 1 heterocycles. The minimum absolute atomic E-state index is 0.733. The van der Waals surface area contributed by atoms with Crippen molar-refractivity contribution in [3.8, 4) is 0 Å². The highest BCUT2D eigenvalue weighted by Gasteiger charge is 2.20. The summed E-state index contributed by atoms with van der Waals surface area (Å²) in [6.07, 6.45) is 3.53. The number of likely N-dealkylation sites (tertiary alicyclic amines) is 1. The molecule has 1 atom stereocenters. The van der Waals surface area contributed by atoms with Gasteiger partial charge in [0.15, 0.2) is 0 Å². The van der Waals surface area contributed by atoms with Crippen LogP contribution in [0.1, 0.15) is 33.1 Å². The lowest BCUT2D eigenvalue weighted by atomic mass is 9.89. The van der Waals surface area contributed by atoms with Gasteiger partial charge in [-0.05, 0) is 24.7 Å². The number of nitrogens with zero attached hydrogens (tertiary/aromatic N) is 1. The molecule has 0 amide bonds. The Balaban J connectivity index is 2.54. The van der Waals surface area contributed by atoms with Crippen LogP contribution in [0, 0.1) is 17.2 Å². The second-order valence-corrected chi connectivity index (χ2v) is 4.22. The van der Waals surface area contributed by atoms with E-state index in [-0.39, 0.29) is 0 Å². The predicted octanol–water partition coefficient (Wildman–Crippen LogP) is 2.35. The lowest BCUT2D eigenvalue weighted by Crippen LogP contribution is -2.26. The quantitative estimate of drug-likeness (QED) is 0.639. The molecule has 0 saturated carbocycles. The van der Waals surface area contributed by atoms with Crippen LogP contribution in [0.15, 0.2) is 0 Å². The third-order valence-corrected chi connectivity index (χ3v) is 2.93. The SMILES string of the molecule is CC(C)C1CCCN(C)C(=N)C1. The first kappa shape index (κ1) is 9.56. The van der Waals surface area contributed by atoms with Crippen molar-refractivity contribution >= 4 is 5.84 Å². The van der Waals surface area contributed by atoms with Gasteiger partial charge in [0.1, 0.15) is 0 Å². The Morgan fingerprint density at radius 3 is 2.75 bits per heavy atom. The van der Waals surface area contributed by atoms with E-state index < -0.39 is 0 Å². The Morgan fingerprint density at radius 2 is 2.17 bits per heavy atom. The normalized spacial score (nSPS) is 26.2. The van der Waals surface area contributed by atoms with E-state index in [1.807, 2.05) is 7.05 Å². The third kappa shape index (κ3) is 2.23. The molecule has 0 radical (unpaired) electrons. The summed E-state index contributed by atoms with van der Waals surface area (Å²) in [4.78, 5) is 2.09. The van der Waals surface area contributed by atoms with Crippen LogP contribution in [0.4, 0.5) is 0 Å². The molecule has 0 spiro atoms. The summed E-state index contributed by atoms with van der Waals surface area (Å²) >= 11 is 0. The van der Waals surface area contributed by atoms with E-state index in [2.05, 4.69) is 18.7 Å². The van der Waals surface area contributed by atoms with Gasteiger partial charge in [-0.2, -0.15) is 0 Å². The Hall–Kier alpha value is -0.530. The van der Waals surface area contributed by atoms with Crippen LogP contribution in [0.2, 0.25) is 0 Å². The van der Waals surface area contributed by atoms with Crippen molar-refractivity contribution in [1.29, 1.82) is 5.41 Å². The molecule has 0 aromatic carbocycles. The van der Waals surface area contributed by atoms with Gasteiger partial charge in [0.25, 0.3) is 0 Å². The summed E-state index contributed by atoms with van der Waals surface area (Å²) in [7, 11) is 2.03. The molecular weight excluding hydrogens is 148 g/mol. The first-order chi connectivity index (χ1) is 5.61. The minimum atomic E-state index is 0.733. The molecule has 1 aliphatic rings. The summed E-state index contributed by atoms with van der Waals surface area (Å²) < 4.78 is 0. The fraction of sp³-hybridized carbons (Fsp3) is 0.900.